The molecule has 1 aromatic carbocycles. The molecule has 0 bridgehead atoms. The molecule has 0 aliphatic heterocycles. The summed E-state index contributed by atoms with van der Waals surface area (Å²) in [5.41, 5.74) is 0.561. The monoisotopic (exact) mass is 248 g/mol. The molecule has 96 valence electrons. The van der Waals surface area contributed by atoms with Crippen LogP contribution in [0.2, 0.25) is 0 Å². The number of aldehydes is 1. The molecule has 4 heteroatoms. The average molecular weight is 248 g/mol. The lowest BCUT2D eigenvalue weighted by atomic mass is 10.2. The number of rotatable bonds is 7. The van der Waals surface area contributed by atoms with E-state index in [4.69, 9.17) is 4.74 Å². The van der Waals surface area contributed by atoms with Crippen LogP contribution in [0.5, 0.6) is 5.75 Å². The van der Waals surface area contributed by atoms with Gasteiger partial charge in [-0.15, -0.1) is 0 Å². The Morgan fingerprint density at radius 1 is 1.39 bits per heavy atom. The first-order valence-corrected chi connectivity index (χ1v) is 5.67. The molecule has 1 unspecified atom stereocenters. The van der Waals surface area contributed by atoms with E-state index in [1.807, 2.05) is 0 Å². The maximum Gasteiger partial charge on any atom is 0.158 e. The zero-order valence-corrected chi connectivity index (χ0v) is 10.2. The van der Waals surface area contributed by atoms with Gasteiger partial charge in [0.2, 0.25) is 0 Å². The van der Waals surface area contributed by atoms with Crippen molar-refractivity contribution < 1.29 is 19.4 Å². The number of ether oxygens (including phenoxy) is 1. The van der Waals surface area contributed by atoms with Crippen molar-refractivity contribution >= 4 is 12.1 Å². The van der Waals surface area contributed by atoms with E-state index in [0.717, 1.165) is 6.29 Å². The Morgan fingerprint density at radius 3 is 2.61 bits per heavy atom. The van der Waals surface area contributed by atoms with Gasteiger partial charge in [0.15, 0.2) is 5.78 Å². The molecule has 0 heterocycles. The van der Waals surface area contributed by atoms with Crippen LogP contribution in [0.15, 0.2) is 36.4 Å². The summed E-state index contributed by atoms with van der Waals surface area (Å²) in [6.07, 6.45) is 3.00. The molecule has 0 saturated carbocycles. The van der Waals surface area contributed by atoms with E-state index >= 15 is 0 Å². The van der Waals surface area contributed by atoms with Crippen molar-refractivity contribution in [1.29, 1.82) is 0 Å². The summed E-state index contributed by atoms with van der Waals surface area (Å²) in [4.78, 5) is 21.6. The van der Waals surface area contributed by atoms with Crippen LogP contribution in [-0.2, 0) is 4.79 Å². The third-order valence-electron chi connectivity index (χ3n) is 2.25. The van der Waals surface area contributed by atoms with Crippen LogP contribution < -0.4 is 4.74 Å². The highest BCUT2D eigenvalue weighted by atomic mass is 16.5. The molecule has 0 aliphatic carbocycles. The standard InChI is InChI=1S/C14H16O4/c1-2-3-12(16)8-13(17)10-18-14-6-4-11(9-15)5-7-14/h2-7,9,13,17H,8,10H2,1H3. The van der Waals surface area contributed by atoms with E-state index < -0.39 is 6.10 Å². The van der Waals surface area contributed by atoms with Crippen LogP contribution in [-0.4, -0.2) is 29.9 Å². The molecule has 1 rings (SSSR count). The number of aliphatic hydroxyl groups is 1. The Kier molecular flexibility index (Phi) is 5.80. The Morgan fingerprint density at radius 2 is 2.06 bits per heavy atom. The van der Waals surface area contributed by atoms with Crippen molar-refractivity contribution in [2.45, 2.75) is 19.4 Å². The third-order valence-corrected chi connectivity index (χ3v) is 2.25. The number of benzene rings is 1. The highest BCUT2D eigenvalue weighted by Crippen LogP contribution is 2.11. The summed E-state index contributed by atoms with van der Waals surface area (Å²) >= 11 is 0. The molecule has 1 atom stereocenters. The van der Waals surface area contributed by atoms with Crippen molar-refractivity contribution in [2.75, 3.05) is 6.61 Å². The maximum absolute atomic E-state index is 11.2. The highest BCUT2D eigenvalue weighted by molar-refractivity contribution is 5.89. The lowest BCUT2D eigenvalue weighted by Gasteiger charge is -2.10. The van der Waals surface area contributed by atoms with Gasteiger partial charge in [-0.3, -0.25) is 9.59 Å². The van der Waals surface area contributed by atoms with Gasteiger partial charge in [0.25, 0.3) is 0 Å². The molecule has 0 aliphatic rings. The minimum absolute atomic E-state index is 0.0385. The number of carbonyl (C=O) groups excluding carboxylic acids is 2. The third kappa shape index (κ3) is 4.93. The van der Waals surface area contributed by atoms with Gasteiger partial charge >= 0.3 is 0 Å². The first-order chi connectivity index (χ1) is 8.65. The van der Waals surface area contributed by atoms with Crippen LogP contribution in [0.3, 0.4) is 0 Å². The predicted molar refractivity (Wildman–Crippen MR) is 67.8 cm³/mol. The Labute approximate surface area is 106 Å². The van der Waals surface area contributed by atoms with Gasteiger partial charge < -0.3 is 9.84 Å². The topological polar surface area (TPSA) is 63.6 Å². The van der Waals surface area contributed by atoms with Gasteiger partial charge in [0, 0.05) is 12.0 Å². The molecule has 4 nitrogen and oxygen atoms in total. The van der Waals surface area contributed by atoms with Crippen LogP contribution in [0, 0.1) is 0 Å². The summed E-state index contributed by atoms with van der Waals surface area (Å²) in [6.45, 7) is 1.79. The molecular weight excluding hydrogens is 232 g/mol. The molecule has 0 spiro atoms. The number of ketones is 1. The molecule has 18 heavy (non-hydrogen) atoms. The van der Waals surface area contributed by atoms with Crippen LogP contribution in [0.1, 0.15) is 23.7 Å². The van der Waals surface area contributed by atoms with Gasteiger partial charge in [0.1, 0.15) is 18.6 Å². The van der Waals surface area contributed by atoms with E-state index in [-0.39, 0.29) is 18.8 Å². The van der Waals surface area contributed by atoms with Crippen molar-refractivity contribution in [1.82, 2.24) is 0 Å². The quantitative estimate of drug-likeness (QED) is 0.590. The van der Waals surface area contributed by atoms with Crippen molar-refractivity contribution in [2.24, 2.45) is 0 Å². The van der Waals surface area contributed by atoms with Crippen LogP contribution >= 0.6 is 0 Å². The second-order valence-corrected chi connectivity index (χ2v) is 3.82. The van der Waals surface area contributed by atoms with Gasteiger partial charge in [-0.1, -0.05) is 6.08 Å². The van der Waals surface area contributed by atoms with Crippen molar-refractivity contribution in [3.05, 3.63) is 42.0 Å². The van der Waals surface area contributed by atoms with Gasteiger partial charge in [-0.25, -0.2) is 0 Å². The van der Waals surface area contributed by atoms with E-state index in [0.29, 0.717) is 11.3 Å². The zero-order chi connectivity index (χ0) is 13.4. The number of carbonyl (C=O) groups is 2. The van der Waals surface area contributed by atoms with E-state index in [1.165, 1.54) is 6.08 Å². The first-order valence-electron chi connectivity index (χ1n) is 5.67. The molecule has 1 aromatic rings. The highest BCUT2D eigenvalue weighted by Gasteiger charge is 2.09. The van der Waals surface area contributed by atoms with Crippen molar-refractivity contribution in [3.63, 3.8) is 0 Å². The van der Waals surface area contributed by atoms with Crippen molar-refractivity contribution in [3.8, 4) is 5.75 Å². The fourth-order valence-electron chi connectivity index (χ4n) is 1.38. The van der Waals surface area contributed by atoms with E-state index in [1.54, 1.807) is 37.3 Å². The van der Waals surface area contributed by atoms with Gasteiger partial charge in [0.05, 0.1) is 6.10 Å². The molecule has 0 aromatic heterocycles. The maximum atomic E-state index is 11.2. The molecular formula is C14H16O4. The van der Waals surface area contributed by atoms with Crippen LogP contribution in [0.25, 0.3) is 0 Å². The SMILES string of the molecule is CC=CC(=O)CC(O)COc1ccc(C=O)cc1. The fraction of sp³-hybridized carbons (Fsp3) is 0.286. The number of aliphatic hydroxyl groups excluding tert-OH is 1. The summed E-state index contributed by atoms with van der Waals surface area (Å²) in [5.74, 6) is 0.419. The largest absolute Gasteiger partial charge is 0.491 e. The number of hydrogen-bond acceptors (Lipinski definition) is 4. The minimum Gasteiger partial charge on any atom is -0.491 e. The van der Waals surface area contributed by atoms with Crippen LogP contribution in [0.4, 0.5) is 0 Å². The summed E-state index contributed by atoms with van der Waals surface area (Å²) in [6, 6.07) is 6.54. The molecule has 1 N–H and O–H groups in total. The predicted octanol–water partition coefficient (Wildman–Crippen LogP) is 1.77. The Bertz CT molecular complexity index is 420. The fourth-order valence-corrected chi connectivity index (χ4v) is 1.38. The number of hydrogen-bond donors (Lipinski definition) is 1. The lowest BCUT2D eigenvalue weighted by molar-refractivity contribution is -0.116. The minimum atomic E-state index is -0.834. The molecule has 0 amide bonds. The smallest absolute Gasteiger partial charge is 0.158 e. The van der Waals surface area contributed by atoms with E-state index in [9.17, 15) is 14.7 Å². The average Bonchev–Trinajstić information content (AvgIpc) is 2.37. The molecule has 0 radical (unpaired) electrons. The summed E-state index contributed by atoms with van der Waals surface area (Å²) in [5, 5.41) is 9.57. The first kappa shape index (κ1) is 14.1. The summed E-state index contributed by atoms with van der Waals surface area (Å²) in [7, 11) is 0. The Hall–Kier alpha value is -1.94. The second-order valence-electron chi connectivity index (χ2n) is 3.82. The molecule has 0 saturated heterocycles. The van der Waals surface area contributed by atoms with Gasteiger partial charge in [-0.05, 0) is 37.3 Å². The summed E-state index contributed by atoms with van der Waals surface area (Å²) < 4.78 is 5.30. The zero-order valence-electron chi connectivity index (χ0n) is 10.2. The Balaban J connectivity index is 2.39. The lowest BCUT2D eigenvalue weighted by Crippen LogP contribution is -2.20. The normalized spacial score (nSPS) is 12.3. The second kappa shape index (κ2) is 7.40. The van der Waals surface area contributed by atoms with E-state index in [2.05, 4.69) is 0 Å². The van der Waals surface area contributed by atoms with Gasteiger partial charge in [-0.2, -0.15) is 0 Å². The molecule has 0 fully saturated rings. The number of allylic oxidation sites excluding steroid dienone is 2.